The van der Waals surface area contributed by atoms with Gasteiger partial charge in [-0.3, -0.25) is 9.89 Å². The van der Waals surface area contributed by atoms with E-state index in [-0.39, 0.29) is 5.91 Å². The number of benzene rings is 1. The molecule has 18 heavy (non-hydrogen) atoms. The highest BCUT2D eigenvalue weighted by Crippen LogP contribution is 2.31. The molecule has 0 saturated carbocycles. The highest BCUT2D eigenvalue weighted by atomic mass is 35.5. The molecule has 0 radical (unpaired) electrons. The van der Waals surface area contributed by atoms with Crippen molar-refractivity contribution in [3.05, 3.63) is 35.4 Å². The fourth-order valence-corrected chi connectivity index (χ4v) is 1.87. The van der Waals surface area contributed by atoms with Crippen LogP contribution in [0, 0.1) is 0 Å². The predicted octanol–water partition coefficient (Wildman–Crippen LogP) is 3.47. The number of anilines is 1. The van der Waals surface area contributed by atoms with E-state index >= 15 is 0 Å². The van der Waals surface area contributed by atoms with Gasteiger partial charge in [0.15, 0.2) is 5.82 Å². The topological polar surface area (TPSA) is 57.8 Å². The first-order valence-corrected chi connectivity index (χ1v) is 6.19. The van der Waals surface area contributed by atoms with Crippen molar-refractivity contribution in [2.75, 3.05) is 5.32 Å². The largest absolute Gasteiger partial charge is 0.308 e. The minimum absolute atomic E-state index is 0.0782. The summed E-state index contributed by atoms with van der Waals surface area (Å²) in [5.74, 6) is 0.305. The van der Waals surface area contributed by atoms with Gasteiger partial charge in [0.2, 0.25) is 5.91 Å². The molecule has 1 heterocycles. The molecule has 0 aliphatic carbocycles. The van der Waals surface area contributed by atoms with E-state index in [4.69, 9.17) is 11.6 Å². The lowest BCUT2D eigenvalue weighted by Crippen LogP contribution is -2.11. The summed E-state index contributed by atoms with van der Waals surface area (Å²) in [5.41, 5.74) is 1.65. The van der Waals surface area contributed by atoms with Crippen molar-refractivity contribution in [1.29, 1.82) is 0 Å². The third-order valence-electron chi connectivity index (χ3n) is 2.50. The molecule has 2 rings (SSSR count). The van der Waals surface area contributed by atoms with Gasteiger partial charge in [-0.1, -0.05) is 48.9 Å². The van der Waals surface area contributed by atoms with Crippen molar-refractivity contribution < 1.29 is 4.79 Å². The van der Waals surface area contributed by atoms with Gasteiger partial charge in [0, 0.05) is 12.0 Å². The number of amides is 1. The minimum Gasteiger partial charge on any atom is -0.308 e. The number of aromatic amines is 1. The molecule has 2 N–H and O–H groups in total. The maximum atomic E-state index is 11.5. The molecule has 5 heteroatoms. The lowest BCUT2D eigenvalue weighted by atomic mass is 10.1. The van der Waals surface area contributed by atoms with Crippen LogP contribution in [0.5, 0.6) is 0 Å². The Morgan fingerprint density at radius 1 is 1.39 bits per heavy atom. The van der Waals surface area contributed by atoms with Crippen LogP contribution in [-0.2, 0) is 4.79 Å². The first kappa shape index (κ1) is 12.6. The Balaban J connectivity index is 2.22. The normalized spacial score (nSPS) is 10.3. The molecule has 1 amide bonds. The van der Waals surface area contributed by atoms with Gasteiger partial charge in [0.05, 0.1) is 5.69 Å². The Morgan fingerprint density at radius 2 is 2.11 bits per heavy atom. The number of H-pyrrole nitrogens is 1. The predicted molar refractivity (Wildman–Crippen MR) is 72.6 cm³/mol. The van der Waals surface area contributed by atoms with Crippen molar-refractivity contribution >= 4 is 23.3 Å². The first-order valence-electron chi connectivity index (χ1n) is 5.81. The molecule has 4 nitrogen and oxygen atoms in total. The standard InChI is InChI=1S/C13H14ClN3O/c1-2-6-10(18)15-13-11(14)12(16-17-13)9-7-4-3-5-8-9/h3-5,7-8H,2,6H2,1H3,(H2,15,16,17,18). The van der Waals surface area contributed by atoms with Gasteiger partial charge in [-0.05, 0) is 6.42 Å². The van der Waals surface area contributed by atoms with Gasteiger partial charge in [0.1, 0.15) is 5.02 Å². The highest BCUT2D eigenvalue weighted by Gasteiger charge is 2.14. The van der Waals surface area contributed by atoms with Crippen LogP contribution < -0.4 is 5.32 Å². The number of hydrogen-bond donors (Lipinski definition) is 2. The SMILES string of the molecule is CCCC(=O)Nc1n[nH]c(-c2ccccc2)c1Cl. The molecule has 0 aliphatic rings. The van der Waals surface area contributed by atoms with Gasteiger partial charge < -0.3 is 5.32 Å². The number of rotatable bonds is 4. The van der Waals surface area contributed by atoms with E-state index in [2.05, 4.69) is 15.5 Å². The molecule has 2 aromatic rings. The summed E-state index contributed by atoms with van der Waals surface area (Å²) in [7, 11) is 0. The smallest absolute Gasteiger partial charge is 0.225 e. The number of hydrogen-bond acceptors (Lipinski definition) is 2. The van der Waals surface area contributed by atoms with Crippen LogP contribution in [0.2, 0.25) is 5.02 Å². The molecule has 1 aromatic carbocycles. The zero-order valence-corrected chi connectivity index (χ0v) is 10.8. The van der Waals surface area contributed by atoms with Crippen LogP contribution in [0.25, 0.3) is 11.3 Å². The van der Waals surface area contributed by atoms with E-state index in [1.54, 1.807) is 0 Å². The van der Waals surface area contributed by atoms with Crippen molar-refractivity contribution in [2.45, 2.75) is 19.8 Å². The summed E-state index contributed by atoms with van der Waals surface area (Å²) in [6.07, 6.45) is 1.25. The van der Waals surface area contributed by atoms with E-state index in [9.17, 15) is 4.79 Å². The summed E-state index contributed by atoms with van der Waals surface area (Å²) in [4.78, 5) is 11.5. The number of aromatic nitrogens is 2. The van der Waals surface area contributed by atoms with E-state index in [1.165, 1.54) is 0 Å². The molecule has 0 aliphatic heterocycles. The van der Waals surface area contributed by atoms with Crippen molar-refractivity contribution in [3.8, 4) is 11.3 Å². The molecular formula is C13H14ClN3O. The minimum atomic E-state index is -0.0782. The zero-order chi connectivity index (χ0) is 13.0. The Hall–Kier alpha value is -1.81. The third-order valence-corrected chi connectivity index (χ3v) is 2.87. The number of nitrogens with zero attached hydrogens (tertiary/aromatic N) is 1. The number of carbonyl (C=O) groups excluding carboxylic acids is 1. The summed E-state index contributed by atoms with van der Waals surface area (Å²) in [6.45, 7) is 1.95. The molecule has 0 unspecified atom stereocenters. The molecule has 1 aromatic heterocycles. The molecule has 0 bridgehead atoms. The molecule has 0 spiro atoms. The van der Waals surface area contributed by atoms with Crippen molar-refractivity contribution in [2.24, 2.45) is 0 Å². The lowest BCUT2D eigenvalue weighted by Gasteiger charge is -2.01. The Bertz CT molecular complexity index is 536. The second kappa shape index (κ2) is 5.69. The van der Waals surface area contributed by atoms with Crippen LogP contribution in [0.15, 0.2) is 30.3 Å². The van der Waals surface area contributed by atoms with Crippen LogP contribution >= 0.6 is 11.6 Å². The fourth-order valence-electron chi connectivity index (χ4n) is 1.63. The van der Waals surface area contributed by atoms with E-state index in [0.29, 0.717) is 23.0 Å². The van der Waals surface area contributed by atoms with Crippen molar-refractivity contribution in [1.82, 2.24) is 10.2 Å². The van der Waals surface area contributed by atoms with Gasteiger partial charge in [-0.25, -0.2) is 0 Å². The Morgan fingerprint density at radius 3 is 2.78 bits per heavy atom. The van der Waals surface area contributed by atoms with E-state index in [1.807, 2.05) is 37.3 Å². The number of carbonyl (C=O) groups is 1. The fraction of sp³-hybridized carbons (Fsp3) is 0.231. The third kappa shape index (κ3) is 2.71. The first-order chi connectivity index (χ1) is 8.72. The molecule has 0 saturated heterocycles. The Labute approximate surface area is 110 Å². The number of halogens is 1. The van der Waals surface area contributed by atoms with Crippen molar-refractivity contribution in [3.63, 3.8) is 0 Å². The summed E-state index contributed by atoms with van der Waals surface area (Å²) >= 11 is 6.19. The second-order valence-electron chi connectivity index (χ2n) is 3.93. The Kier molecular flexibility index (Phi) is 3.99. The summed E-state index contributed by atoms with van der Waals surface area (Å²) < 4.78 is 0. The van der Waals surface area contributed by atoms with Crippen LogP contribution in [0.1, 0.15) is 19.8 Å². The average Bonchev–Trinajstić information content (AvgIpc) is 2.72. The van der Waals surface area contributed by atoms with E-state index < -0.39 is 0 Å². The number of nitrogens with one attached hydrogen (secondary N) is 2. The molecule has 94 valence electrons. The maximum Gasteiger partial charge on any atom is 0.225 e. The van der Waals surface area contributed by atoms with Crippen LogP contribution in [0.3, 0.4) is 0 Å². The van der Waals surface area contributed by atoms with Crippen LogP contribution in [-0.4, -0.2) is 16.1 Å². The van der Waals surface area contributed by atoms with Gasteiger partial charge in [0.25, 0.3) is 0 Å². The molecular weight excluding hydrogens is 250 g/mol. The van der Waals surface area contributed by atoms with E-state index in [0.717, 1.165) is 12.0 Å². The average molecular weight is 264 g/mol. The van der Waals surface area contributed by atoms with Gasteiger partial charge in [-0.2, -0.15) is 5.10 Å². The summed E-state index contributed by atoms with van der Waals surface area (Å²) in [6, 6.07) is 9.62. The highest BCUT2D eigenvalue weighted by molar-refractivity contribution is 6.35. The summed E-state index contributed by atoms with van der Waals surface area (Å²) in [5, 5.41) is 9.99. The maximum absolute atomic E-state index is 11.5. The zero-order valence-electron chi connectivity index (χ0n) is 10.0. The molecule has 0 atom stereocenters. The van der Waals surface area contributed by atoms with Gasteiger partial charge >= 0.3 is 0 Å². The second-order valence-corrected chi connectivity index (χ2v) is 4.30. The quantitative estimate of drug-likeness (QED) is 0.887. The monoisotopic (exact) mass is 263 g/mol. The van der Waals surface area contributed by atoms with Crippen LogP contribution in [0.4, 0.5) is 5.82 Å². The lowest BCUT2D eigenvalue weighted by molar-refractivity contribution is -0.116. The van der Waals surface area contributed by atoms with Gasteiger partial charge in [-0.15, -0.1) is 0 Å². The molecule has 0 fully saturated rings.